The van der Waals surface area contributed by atoms with Crippen molar-refractivity contribution in [2.75, 3.05) is 13.7 Å². The molecule has 2 bridgehead atoms. The number of ether oxygens (including phenoxy) is 3. The molecule has 31 heavy (non-hydrogen) atoms. The van der Waals surface area contributed by atoms with Crippen LogP contribution in [0.2, 0.25) is 0 Å². The zero-order chi connectivity index (χ0) is 21.8. The molecule has 2 aliphatic heterocycles. The van der Waals surface area contributed by atoms with Gasteiger partial charge in [-0.25, -0.2) is 8.42 Å². The first-order valence-electron chi connectivity index (χ1n) is 10.0. The average Bonchev–Trinajstić information content (AvgIpc) is 3.09. The van der Waals surface area contributed by atoms with Gasteiger partial charge in [-0.15, -0.1) is 0 Å². The van der Waals surface area contributed by atoms with Crippen LogP contribution in [0.1, 0.15) is 28.5 Å². The number of benzene rings is 3. The van der Waals surface area contributed by atoms with E-state index in [9.17, 15) is 8.42 Å². The fourth-order valence-electron chi connectivity index (χ4n) is 4.07. The number of fused-ring (bicyclic) bond motifs is 4. The second-order valence-electron chi connectivity index (χ2n) is 7.96. The minimum Gasteiger partial charge on any atom is -0.497 e. The van der Waals surface area contributed by atoms with Gasteiger partial charge in [0.1, 0.15) is 11.5 Å². The SMILES string of the molecule is COc1ccc([C@]23CN(S(=O)(=O)c4ccc(C)cc4)[C@H](O2)c2ccc(C)cc2O3)cc1. The van der Waals surface area contributed by atoms with Crippen molar-refractivity contribution >= 4 is 10.0 Å². The Morgan fingerprint density at radius 1 is 0.968 bits per heavy atom. The third-order valence-corrected chi connectivity index (χ3v) is 7.60. The van der Waals surface area contributed by atoms with Crippen LogP contribution in [0.3, 0.4) is 0 Å². The van der Waals surface area contributed by atoms with Crippen molar-refractivity contribution in [3.05, 3.63) is 89.0 Å². The highest BCUT2D eigenvalue weighted by atomic mass is 32.2. The first-order chi connectivity index (χ1) is 14.8. The van der Waals surface area contributed by atoms with Crippen molar-refractivity contribution in [2.24, 2.45) is 0 Å². The van der Waals surface area contributed by atoms with Crippen LogP contribution in [0, 0.1) is 13.8 Å². The summed E-state index contributed by atoms with van der Waals surface area (Å²) in [6.07, 6.45) is -0.780. The smallest absolute Gasteiger partial charge is 0.253 e. The lowest BCUT2D eigenvalue weighted by Gasteiger charge is -2.34. The molecule has 0 N–H and O–H groups in total. The van der Waals surface area contributed by atoms with Crippen LogP contribution in [-0.2, 0) is 20.5 Å². The van der Waals surface area contributed by atoms with Crippen molar-refractivity contribution in [1.82, 2.24) is 4.31 Å². The van der Waals surface area contributed by atoms with Crippen LogP contribution in [0.4, 0.5) is 0 Å². The molecule has 160 valence electrons. The van der Waals surface area contributed by atoms with Gasteiger partial charge in [0.15, 0.2) is 6.23 Å². The van der Waals surface area contributed by atoms with E-state index in [4.69, 9.17) is 14.2 Å². The second-order valence-corrected chi connectivity index (χ2v) is 9.85. The molecule has 0 radical (unpaired) electrons. The van der Waals surface area contributed by atoms with Gasteiger partial charge in [-0.05, 0) is 61.9 Å². The summed E-state index contributed by atoms with van der Waals surface area (Å²) in [6, 6.07) is 19.9. The summed E-state index contributed by atoms with van der Waals surface area (Å²) in [6.45, 7) is 3.93. The van der Waals surface area contributed by atoms with Crippen molar-refractivity contribution < 1.29 is 22.6 Å². The van der Waals surface area contributed by atoms with E-state index < -0.39 is 22.0 Å². The van der Waals surface area contributed by atoms with Crippen LogP contribution in [0.5, 0.6) is 11.5 Å². The minimum atomic E-state index is -3.82. The van der Waals surface area contributed by atoms with E-state index in [0.29, 0.717) is 17.1 Å². The summed E-state index contributed by atoms with van der Waals surface area (Å²) in [4.78, 5) is 0.229. The summed E-state index contributed by atoms with van der Waals surface area (Å²) in [5, 5.41) is 0. The quantitative estimate of drug-likeness (QED) is 0.610. The number of hydrogen-bond acceptors (Lipinski definition) is 5. The molecule has 2 aliphatic rings. The predicted octanol–water partition coefficient (Wildman–Crippen LogP) is 4.28. The maximum Gasteiger partial charge on any atom is 0.253 e. The zero-order valence-corrected chi connectivity index (χ0v) is 18.3. The Kier molecular flexibility index (Phi) is 4.58. The molecule has 0 amide bonds. The first-order valence-corrected chi connectivity index (χ1v) is 11.5. The van der Waals surface area contributed by atoms with E-state index >= 15 is 0 Å². The summed E-state index contributed by atoms with van der Waals surface area (Å²) >= 11 is 0. The molecule has 3 aromatic carbocycles. The molecule has 0 spiro atoms. The van der Waals surface area contributed by atoms with E-state index in [1.165, 1.54) is 4.31 Å². The number of methoxy groups -OCH3 is 1. The van der Waals surface area contributed by atoms with E-state index in [-0.39, 0.29) is 11.4 Å². The molecule has 0 unspecified atom stereocenters. The monoisotopic (exact) mass is 437 g/mol. The summed E-state index contributed by atoms with van der Waals surface area (Å²) < 4.78 is 46.6. The Balaban J connectivity index is 1.64. The number of aryl methyl sites for hydroxylation is 2. The fraction of sp³-hybridized carbons (Fsp3) is 0.250. The van der Waals surface area contributed by atoms with Crippen molar-refractivity contribution in [2.45, 2.75) is 30.8 Å². The highest BCUT2D eigenvalue weighted by Crippen LogP contribution is 2.52. The molecule has 0 saturated carbocycles. The lowest BCUT2D eigenvalue weighted by atomic mass is 10.0. The molecule has 2 heterocycles. The van der Waals surface area contributed by atoms with E-state index in [2.05, 4.69) is 0 Å². The number of nitrogens with zero attached hydrogens (tertiary/aromatic N) is 1. The Labute approximate surface area is 182 Å². The van der Waals surface area contributed by atoms with Crippen molar-refractivity contribution in [3.63, 3.8) is 0 Å². The second kappa shape index (κ2) is 7.09. The summed E-state index contributed by atoms with van der Waals surface area (Å²) in [7, 11) is -2.22. The van der Waals surface area contributed by atoms with E-state index in [0.717, 1.165) is 16.7 Å². The van der Waals surface area contributed by atoms with Gasteiger partial charge in [0.25, 0.3) is 5.79 Å². The Morgan fingerprint density at radius 3 is 2.32 bits per heavy atom. The molecule has 2 atom stereocenters. The average molecular weight is 438 g/mol. The fourth-order valence-corrected chi connectivity index (χ4v) is 5.57. The Hall–Kier alpha value is -2.87. The molecule has 0 aliphatic carbocycles. The lowest BCUT2D eigenvalue weighted by Crippen LogP contribution is -2.39. The number of rotatable bonds is 4. The number of sulfonamides is 1. The molecular formula is C24H23NO5S. The van der Waals surface area contributed by atoms with Gasteiger partial charge in [-0.3, -0.25) is 0 Å². The standard InChI is InChI=1S/C24H23NO5S/c1-16-4-11-20(12-5-16)31(26,27)25-15-24(18-7-9-19(28-3)10-8-18)29-22-14-17(2)6-13-21(22)23(25)30-24/h4-14,23H,15H2,1-3H3/t23-,24+/m1/s1. The largest absolute Gasteiger partial charge is 0.497 e. The molecule has 3 aromatic rings. The van der Waals surface area contributed by atoms with Crippen molar-refractivity contribution in [1.29, 1.82) is 0 Å². The molecule has 1 saturated heterocycles. The van der Waals surface area contributed by atoms with Crippen LogP contribution >= 0.6 is 0 Å². The van der Waals surface area contributed by atoms with Gasteiger partial charge >= 0.3 is 0 Å². The molecule has 1 fully saturated rings. The number of hydrogen-bond donors (Lipinski definition) is 0. The van der Waals surface area contributed by atoms with Crippen LogP contribution < -0.4 is 9.47 Å². The van der Waals surface area contributed by atoms with Gasteiger partial charge < -0.3 is 14.2 Å². The minimum absolute atomic E-state index is 0.0356. The summed E-state index contributed by atoms with van der Waals surface area (Å²) in [5.74, 6) is 0.0923. The maximum atomic E-state index is 13.6. The van der Waals surface area contributed by atoms with Gasteiger partial charge in [0, 0.05) is 11.1 Å². The van der Waals surface area contributed by atoms with Gasteiger partial charge in [0.05, 0.1) is 18.6 Å². The van der Waals surface area contributed by atoms with Gasteiger partial charge in [-0.1, -0.05) is 29.8 Å². The van der Waals surface area contributed by atoms with E-state index in [1.54, 1.807) is 31.4 Å². The topological polar surface area (TPSA) is 65.1 Å². The molecule has 7 heteroatoms. The first kappa shape index (κ1) is 20.1. The zero-order valence-electron chi connectivity index (χ0n) is 17.5. The maximum absolute atomic E-state index is 13.6. The molecule has 5 rings (SSSR count). The summed E-state index contributed by atoms with van der Waals surface area (Å²) in [5.41, 5.74) is 3.45. The predicted molar refractivity (Wildman–Crippen MR) is 115 cm³/mol. The Bertz CT molecular complexity index is 1240. The van der Waals surface area contributed by atoms with Gasteiger partial charge in [0.2, 0.25) is 10.0 Å². The normalized spacial score (nSPS) is 22.6. The molecular weight excluding hydrogens is 414 g/mol. The molecule has 0 aromatic heterocycles. The third kappa shape index (κ3) is 3.20. The van der Waals surface area contributed by atoms with E-state index in [1.807, 2.05) is 56.3 Å². The van der Waals surface area contributed by atoms with Crippen LogP contribution in [0.15, 0.2) is 71.6 Å². The van der Waals surface area contributed by atoms with Crippen LogP contribution in [0.25, 0.3) is 0 Å². The van der Waals surface area contributed by atoms with Crippen molar-refractivity contribution in [3.8, 4) is 11.5 Å². The molecule has 6 nitrogen and oxygen atoms in total. The van der Waals surface area contributed by atoms with Crippen LogP contribution in [-0.4, -0.2) is 26.4 Å². The van der Waals surface area contributed by atoms with Gasteiger partial charge in [-0.2, -0.15) is 4.31 Å². The Morgan fingerprint density at radius 2 is 1.65 bits per heavy atom. The lowest BCUT2D eigenvalue weighted by molar-refractivity contribution is -0.194. The highest BCUT2D eigenvalue weighted by Gasteiger charge is 2.57. The third-order valence-electron chi connectivity index (χ3n) is 5.79. The highest BCUT2D eigenvalue weighted by molar-refractivity contribution is 7.89.